The van der Waals surface area contributed by atoms with Crippen molar-refractivity contribution >= 4 is 21.6 Å². The lowest BCUT2D eigenvalue weighted by molar-refractivity contribution is 0.0917. The van der Waals surface area contributed by atoms with Crippen LogP contribution in [0, 0.1) is 12.3 Å². The van der Waals surface area contributed by atoms with Gasteiger partial charge in [0.2, 0.25) is 10.0 Å². The molecular formula is C19H24N2O4S. The number of nitrogens with one attached hydrogen (secondary N) is 2. The van der Waals surface area contributed by atoms with Crippen molar-refractivity contribution in [3.05, 3.63) is 53.0 Å². The van der Waals surface area contributed by atoms with Gasteiger partial charge in [-0.3, -0.25) is 9.52 Å². The third kappa shape index (κ3) is 4.27. The van der Waals surface area contributed by atoms with Crippen molar-refractivity contribution in [2.45, 2.75) is 39.7 Å². The number of benzene rings is 1. The van der Waals surface area contributed by atoms with Gasteiger partial charge in [0, 0.05) is 23.2 Å². The van der Waals surface area contributed by atoms with Gasteiger partial charge in [0.25, 0.3) is 5.91 Å². The maximum absolute atomic E-state index is 12.7. The molecule has 7 heteroatoms. The lowest BCUT2D eigenvalue weighted by Crippen LogP contribution is -2.36. The summed E-state index contributed by atoms with van der Waals surface area (Å²) < 4.78 is 31.0. The van der Waals surface area contributed by atoms with E-state index < -0.39 is 10.0 Å². The van der Waals surface area contributed by atoms with Gasteiger partial charge in [0.05, 0.1) is 12.3 Å². The predicted octanol–water partition coefficient (Wildman–Crippen LogP) is 3.40. The standard InChI is InChI=1S/C19H24N2O4S/c1-12-8-15-16(10-19(2,3)11-17(15)25-12)20-18(22)13-6-5-7-14(9-13)21-26(4,23)24/h5-9,16,21H,10-11H2,1-4H3,(H,20,22)/t16-/m1/s1. The third-order valence-corrected chi connectivity index (χ3v) is 5.08. The van der Waals surface area contributed by atoms with Crippen LogP contribution >= 0.6 is 0 Å². The first-order chi connectivity index (χ1) is 12.0. The summed E-state index contributed by atoms with van der Waals surface area (Å²) in [6, 6.07) is 8.31. The van der Waals surface area contributed by atoms with Gasteiger partial charge in [0.15, 0.2) is 0 Å². The molecule has 0 fully saturated rings. The molecule has 0 aliphatic heterocycles. The van der Waals surface area contributed by atoms with Crippen LogP contribution in [0.2, 0.25) is 0 Å². The Balaban J connectivity index is 1.83. The molecule has 1 aliphatic carbocycles. The van der Waals surface area contributed by atoms with E-state index in [-0.39, 0.29) is 17.4 Å². The molecule has 2 aromatic rings. The van der Waals surface area contributed by atoms with Gasteiger partial charge < -0.3 is 9.73 Å². The molecule has 26 heavy (non-hydrogen) atoms. The van der Waals surface area contributed by atoms with Crippen LogP contribution in [-0.4, -0.2) is 20.6 Å². The number of carbonyl (C=O) groups is 1. The van der Waals surface area contributed by atoms with Gasteiger partial charge >= 0.3 is 0 Å². The van der Waals surface area contributed by atoms with Crippen molar-refractivity contribution in [2.24, 2.45) is 5.41 Å². The summed E-state index contributed by atoms with van der Waals surface area (Å²) in [5.41, 5.74) is 1.82. The van der Waals surface area contributed by atoms with Crippen LogP contribution in [0.15, 0.2) is 34.7 Å². The van der Waals surface area contributed by atoms with Crippen molar-refractivity contribution in [3.63, 3.8) is 0 Å². The molecule has 1 aromatic carbocycles. The van der Waals surface area contributed by atoms with Gasteiger partial charge in [-0.1, -0.05) is 19.9 Å². The Labute approximate surface area is 154 Å². The third-order valence-electron chi connectivity index (χ3n) is 4.47. The Morgan fingerprint density at radius 1 is 1.27 bits per heavy atom. The fourth-order valence-corrected chi connectivity index (χ4v) is 4.05. The number of furan rings is 1. The molecule has 1 heterocycles. The van der Waals surface area contributed by atoms with E-state index in [1.165, 1.54) is 6.07 Å². The second kappa shape index (κ2) is 6.46. The van der Waals surface area contributed by atoms with Crippen LogP contribution < -0.4 is 10.0 Å². The Kier molecular flexibility index (Phi) is 4.60. The van der Waals surface area contributed by atoms with E-state index in [2.05, 4.69) is 23.9 Å². The van der Waals surface area contributed by atoms with Gasteiger partial charge in [0.1, 0.15) is 11.5 Å². The summed E-state index contributed by atoms with van der Waals surface area (Å²) in [5, 5.41) is 3.07. The molecule has 1 atom stereocenters. The van der Waals surface area contributed by atoms with E-state index in [4.69, 9.17) is 4.42 Å². The van der Waals surface area contributed by atoms with E-state index in [1.807, 2.05) is 13.0 Å². The largest absolute Gasteiger partial charge is 0.466 e. The smallest absolute Gasteiger partial charge is 0.251 e. The van der Waals surface area contributed by atoms with Crippen LogP contribution in [0.4, 0.5) is 5.69 Å². The maximum atomic E-state index is 12.7. The number of fused-ring (bicyclic) bond motifs is 1. The Morgan fingerprint density at radius 3 is 2.69 bits per heavy atom. The van der Waals surface area contributed by atoms with Gasteiger partial charge in [-0.05, 0) is 43.0 Å². The average Bonchev–Trinajstić information content (AvgIpc) is 2.84. The highest BCUT2D eigenvalue weighted by Crippen LogP contribution is 2.42. The number of rotatable bonds is 4. The summed E-state index contributed by atoms with van der Waals surface area (Å²) >= 11 is 0. The Hall–Kier alpha value is -2.28. The van der Waals surface area contributed by atoms with Crippen LogP contribution in [0.25, 0.3) is 0 Å². The van der Waals surface area contributed by atoms with Gasteiger partial charge in [-0.25, -0.2) is 8.42 Å². The number of anilines is 1. The Bertz CT molecular complexity index is 944. The topological polar surface area (TPSA) is 88.4 Å². The molecule has 0 spiro atoms. The highest BCUT2D eigenvalue weighted by Gasteiger charge is 2.35. The minimum Gasteiger partial charge on any atom is -0.466 e. The summed E-state index contributed by atoms with van der Waals surface area (Å²) in [5.74, 6) is 1.53. The van der Waals surface area contributed by atoms with Crippen LogP contribution in [0.5, 0.6) is 0 Å². The molecule has 2 N–H and O–H groups in total. The molecule has 0 bridgehead atoms. The summed E-state index contributed by atoms with van der Waals surface area (Å²) in [4.78, 5) is 12.7. The molecule has 0 saturated heterocycles. The summed E-state index contributed by atoms with van der Waals surface area (Å²) in [7, 11) is -3.39. The highest BCUT2D eigenvalue weighted by molar-refractivity contribution is 7.92. The zero-order valence-electron chi connectivity index (χ0n) is 15.4. The quantitative estimate of drug-likeness (QED) is 0.856. The van der Waals surface area contributed by atoms with E-state index in [1.54, 1.807) is 18.2 Å². The van der Waals surface area contributed by atoms with E-state index in [0.717, 1.165) is 36.2 Å². The van der Waals surface area contributed by atoms with Gasteiger partial charge in [-0.2, -0.15) is 0 Å². The van der Waals surface area contributed by atoms with Crippen LogP contribution in [0.1, 0.15) is 53.8 Å². The lowest BCUT2D eigenvalue weighted by Gasteiger charge is -2.34. The summed E-state index contributed by atoms with van der Waals surface area (Å²) in [6.45, 7) is 6.22. The second-order valence-corrected chi connectivity index (χ2v) is 9.51. The molecule has 1 amide bonds. The first-order valence-corrected chi connectivity index (χ1v) is 10.4. The number of sulfonamides is 1. The summed E-state index contributed by atoms with van der Waals surface area (Å²) in [6.07, 6.45) is 2.73. The molecular weight excluding hydrogens is 352 g/mol. The zero-order chi connectivity index (χ0) is 19.1. The average molecular weight is 376 g/mol. The van der Waals surface area contributed by atoms with E-state index in [0.29, 0.717) is 11.3 Å². The minimum absolute atomic E-state index is 0.0228. The van der Waals surface area contributed by atoms with Crippen molar-refractivity contribution in [1.82, 2.24) is 5.32 Å². The number of amides is 1. The van der Waals surface area contributed by atoms with E-state index >= 15 is 0 Å². The number of hydrogen-bond donors (Lipinski definition) is 2. The SMILES string of the molecule is Cc1cc2c(o1)CC(C)(C)C[C@H]2NC(=O)c1cccc(NS(C)(=O)=O)c1. The predicted molar refractivity (Wildman–Crippen MR) is 101 cm³/mol. The first-order valence-electron chi connectivity index (χ1n) is 8.50. The fourth-order valence-electron chi connectivity index (χ4n) is 3.49. The lowest BCUT2D eigenvalue weighted by atomic mass is 9.74. The van der Waals surface area contributed by atoms with E-state index in [9.17, 15) is 13.2 Å². The van der Waals surface area contributed by atoms with Crippen molar-refractivity contribution < 1.29 is 17.6 Å². The number of hydrogen-bond acceptors (Lipinski definition) is 4. The molecule has 0 radical (unpaired) electrons. The highest BCUT2D eigenvalue weighted by atomic mass is 32.2. The normalized spacial score (nSPS) is 18.8. The second-order valence-electron chi connectivity index (χ2n) is 7.76. The zero-order valence-corrected chi connectivity index (χ0v) is 16.2. The van der Waals surface area contributed by atoms with Crippen molar-refractivity contribution in [3.8, 4) is 0 Å². The molecule has 3 rings (SSSR count). The van der Waals surface area contributed by atoms with Gasteiger partial charge in [-0.15, -0.1) is 0 Å². The minimum atomic E-state index is -3.39. The fraction of sp³-hybridized carbons (Fsp3) is 0.421. The van der Waals surface area contributed by atoms with Crippen molar-refractivity contribution in [2.75, 3.05) is 11.0 Å². The maximum Gasteiger partial charge on any atom is 0.251 e. The molecule has 140 valence electrons. The first kappa shape index (κ1) is 18.5. The molecule has 6 nitrogen and oxygen atoms in total. The number of carbonyl (C=O) groups excluding carboxylic acids is 1. The monoisotopic (exact) mass is 376 g/mol. The van der Waals surface area contributed by atoms with Crippen LogP contribution in [0.3, 0.4) is 0 Å². The molecule has 1 aromatic heterocycles. The van der Waals surface area contributed by atoms with Crippen molar-refractivity contribution in [1.29, 1.82) is 0 Å². The van der Waals surface area contributed by atoms with Crippen LogP contribution in [-0.2, 0) is 16.4 Å². The Morgan fingerprint density at radius 2 is 2.00 bits per heavy atom. The molecule has 0 saturated carbocycles. The number of aryl methyl sites for hydroxylation is 1. The molecule has 0 unspecified atom stereocenters. The molecule has 1 aliphatic rings.